The molecule has 0 amide bonds. The molecule has 0 saturated carbocycles. The van der Waals surface area contributed by atoms with E-state index in [1.54, 1.807) is 13.2 Å². The number of halogens is 4. The maximum atomic E-state index is 12.4. The lowest BCUT2D eigenvalue weighted by molar-refractivity contribution is -0.143. The van der Waals surface area contributed by atoms with Crippen LogP contribution in [0.25, 0.3) is 0 Å². The molecule has 1 unspecified atom stereocenters. The average Bonchev–Trinajstić information content (AvgIpc) is 3.10. The second kappa shape index (κ2) is 9.25. The zero-order valence-corrected chi connectivity index (χ0v) is 17.8. The molecule has 150 valence electrons. The van der Waals surface area contributed by atoms with E-state index < -0.39 is 12.7 Å². The highest BCUT2D eigenvalue weighted by atomic mass is 127. The zero-order chi connectivity index (χ0) is 18.7. The van der Waals surface area contributed by atoms with E-state index in [1.165, 1.54) is 4.90 Å². The lowest BCUT2D eigenvalue weighted by Crippen LogP contribution is -2.44. The SMILES string of the molecule is CN=C(NCc1ncc(C(C)(C)C)o1)NC1CCN(CC(F)(F)F)C1.I. The highest BCUT2D eigenvalue weighted by Crippen LogP contribution is 2.22. The van der Waals surface area contributed by atoms with Crippen molar-refractivity contribution in [2.75, 3.05) is 26.7 Å². The van der Waals surface area contributed by atoms with Gasteiger partial charge in [0.05, 0.1) is 19.3 Å². The number of rotatable bonds is 4. The molecule has 1 aliphatic heterocycles. The van der Waals surface area contributed by atoms with Crippen LogP contribution in [0.2, 0.25) is 0 Å². The Balaban J connectivity index is 0.00000338. The summed E-state index contributed by atoms with van der Waals surface area (Å²) < 4.78 is 43.0. The van der Waals surface area contributed by atoms with Crippen molar-refractivity contribution in [2.45, 2.75) is 51.4 Å². The molecule has 6 nitrogen and oxygen atoms in total. The van der Waals surface area contributed by atoms with Crippen molar-refractivity contribution in [1.29, 1.82) is 0 Å². The van der Waals surface area contributed by atoms with Crippen molar-refractivity contribution < 1.29 is 17.6 Å². The normalized spacial score (nSPS) is 19.3. The number of aliphatic imine (C=N–C) groups is 1. The number of likely N-dealkylation sites (tertiary alicyclic amines) is 1. The Morgan fingerprint density at radius 3 is 2.62 bits per heavy atom. The Morgan fingerprint density at radius 1 is 1.38 bits per heavy atom. The van der Waals surface area contributed by atoms with E-state index in [-0.39, 0.29) is 35.4 Å². The summed E-state index contributed by atoms with van der Waals surface area (Å²) in [6.45, 7) is 6.36. The number of alkyl halides is 3. The van der Waals surface area contributed by atoms with Crippen LogP contribution >= 0.6 is 24.0 Å². The van der Waals surface area contributed by atoms with E-state index in [0.717, 1.165) is 5.76 Å². The monoisotopic (exact) mass is 489 g/mol. The van der Waals surface area contributed by atoms with Gasteiger partial charge in [-0.25, -0.2) is 4.98 Å². The summed E-state index contributed by atoms with van der Waals surface area (Å²) in [5.74, 6) is 1.86. The molecule has 1 fully saturated rings. The predicted molar refractivity (Wildman–Crippen MR) is 105 cm³/mol. The molecule has 0 bridgehead atoms. The van der Waals surface area contributed by atoms with Gasteiger partial charge in [-0.15, -0.1) is 24.0 Å². The summed E-state index contributed by atoms with van der Waals surface area (Å²) in [4.78, 5) is 9.73. The number of guanidine groups is 1. The van der Waals surface area contributed by atoms with E-state index in [2.05, 4.69) is 20.6 Å². The Labute approximate surface area is 169 Å². The van der Waals surface area contributed by atoms with Gasteiger partial charge in [0.15, 0.2) is 5.96 Å². The fourth-order valence-electron chi connectivity index (χ4n) is 2.63. The smallest absolute Gasteiger partial charge is 0.401 e. The van der Waals surface area contributed by atoms with Crippen LogP contribution in [0.1, 0.15) is 38.8 Å². The van der Waals surface area contributed by atoms with E-state index in [4.69, 9.17) is 4.42 Å². The van der Waals surface area contributed by atoms with Crippen molar-refractivity contribution in [2.24, 2.45) is 4.99 Å². The standard InChI is InChI=1S/C16H26F3N5O.HI/c1-15(2,3)12-7-21-13(25-12)8-22-14(20-4)23-11-5-6-24(9-11)10-16(17,18)19;/h7,11H,5-6,8-10H2,1-4H3,(H2,20,22,23);1H. The first-order valence-electron chi connectivity index (χ1n) is 8.28. The first-order chi connectivity index (χ1) is 11.6. The van der Waals surface area contributed by atoms with Gasteiger partial charge in [-0.1, -0.05) is 20.8 Å². The van der Waals surface area contributed by atoms with Crippen LogP contribution in [0.4, 0.5) is 13.2 Å². The van der Waals surface area contributed by atoms with E-state index >= 15 is 0 Å². The molecular weight excluding hydrogens is 462 g/mol. The number of hydrogen-bond donors (Lipinski definition) is 2. The molecule has 1 saturated heterocycles. The molecule has 1 aromatic rings. The van der Waals surface area contributed by atoms with Crippen LogP contribution in [0.15, 0.2) is 15.6 Å². The van der Waals surface area contributed by atoms with Crippen molar-refractivity contribution in [3.05, 3.63) is 17.8 Å². The summed E-state index contributed by atoms with van der Waals surface area (Å²) in [6, 6.07) is -0.0664. The Hall–Kier alpha value is -1.04. The lowest BCUT2D eigenvalue weighted by Gasteiger charge is -2.19. The number of aromatic nitrogens is 1. The first kappa shape index (κ1) is 23.0. The summed E-state index contributed by atoms with van der Waals surface area (Å²) in [7, 11) is 1.62. The molecule has 1 aromatic heterocycles. The number of oxazole rings is 1. The second-order valence-corrected chi connectivity index (χ2v) is 7.27. The third-order valence-corrected chi connectivity index (χ3v) is 3.94. The molecule has 1 aliphatic rings. The minimum Gasteiger partial charge on any atom is -0.443 e. The number of nitrogens with zero attached hydrogens (tertiary/aromatic N) is 3. The minimum absolute atomic E-state index is 0. The highest BCUT2D eigenvalue weighted by molar-refractivity contribution is 14.0. The van der Waals surface area contributed by atoms with Gasteiger partial charge in [0.1, 0.15) is 5.76 Å². The van der Waals surface area contributed by atoms with Gasteiger partial charge in [0.25, 0.3) is 0 Å². The first-order valence-corrected chi connectivity index (χ1v) is 8.28. The summed E-state index contributed by atoms with van der Waals surface area (Å²) in [5.41, 5.74) is -0.114. The summed E-state index contributed by atoms with van der Waals surface area (Å²) in [5, 5.41) is 6.23. The van der Waals surface area contributed by atoms with Crippen molar-refractivity contribution in [3.63, 3.8) is 0 Å². The van der Waals surface area contributed by atoms with E-state index in [1.807, 2.05) is 20.8 Å². The third-order valence-electron chi connectivity index (χ3n) is 3.94. The van der Waals surface area contributed by atoms with Gasteiger partial charge in [-0.3, -0.25) is 9.89 Å². The molecular formula is C16H27F3IN5O. The molecule has 2 heterocycles. The van der Waals surface area contributed by atoms with Gasteiger partial charge < -0.3 is 15.1 Å². The van der Waals surface area contributed by atoms with Crippen molar-refractivity contribution in [1.82, 2.24) is 20.5 Å². The maximum absolute atomic E-state index is 12.4. The predicted octanol–water partition coefficient (Wildman–Crippen LogP) is 2.89. The van der Waals surface area contributed by atoms with Crippen LogP contribution < -0.4 is 10.6 Å². The molecule has 0 aromatic carbocycles. The van der Waals surface area contributed by atoms with Crippen LogP contribution in [0.3, 0.4) is 0 Å². The van der Waals surface area contributed by atoms with E-state index in [0.29, 0.717) is 37.9 Å². The van der Waals surface area contributed by atoms with Crippen LogP contribution in [0, 0.1) is 0 Å². The molecule has 0 aliphatic carbocycles. The van der Waals surface area contributed by atoms with Crippen molar-refractivity contribution in [3.8, 4) is 0 Å². The lowest BCUT2D eigenvalue weighted by atomic mass is 9.94. The molecule has 10 heteroatoms. The zero-order valence-electron chi connectivity index (χ0n) is 15.5. The molecule has 1 atom stereocenters. The summed E-state index contributed by atoms with van der Waals surface area (Å²) >= 11 is 0. The largest absolute Gasteiger partial charge is 0.443 e. The number of nitrogens with one attached hydrogen (secondary N) is 2. The van der Waals surface area contributed by atoms with Crippen LogP contribution in [0.5, 0.6) is 0 Å². The Morgan fingerprint density at radius 2 is 2.08 bits per heavy atom. The molecule has 26 heavy (non-hydrogen) atoms. The quantitative estimate of drug-likeness (QED) is 0.387. The van der Waals surface area contributed by atoms with Gasteiger partial charge in [-0.05, 0) is 6.42 Å². The Bertz CT molecular complexity index is 597. The maximum Gasteiger partial charge on any atom is 0.401 e. The van der Waals surface area contributed by atoms with Crippen LogP contribution in [-0.4, -0.2) is 54.7 Å². The fourth-order valence-corrected chi connectivity index (χ4v) is 2.63. The van der Waals surface area contributed by atoms with Crippen LogP contribution in [-0.2, 0) is 12.0 Å². The molecule has 0 radical (unpaired) electrons. The van der Waals surface area contributed by atoms with Gasteiger partial charge in [0.2, 0.25) is 5.89 Å². The van der Waals surface area contributed by atoms with Gasteiger partial charge in [-0.2, -0.15) is 13.2 Å². The molecule has 2 rings (SSSR count). The van der Waals surface area contributed by atoms with Crippen molar-refractivity contribution >= 4 is 29.9 Å². The molecule has 0 spiro atoms. The highest BCUT2D eigenvalue weighted by Gasteiger charge is 2.34. The fraction of sp³-hybridized carbons (Fsp3) is 0.750. The second-order valence-electron chi connectivity index (χ2n) is 7.27. The Kier molecular flexibility index (Phi) is 8.18. The summed E-state index contributed by atoms with van der Waals surface area (Å²) in [6.07, 6.45) is -1.81. The van der Waals surface area contributed by atoms with E-state index in [9.17, 15) is 13.2 Å². The average molecular weight is 489 g/mol. The number of hydrogen-bond acceptors (Lipinski definition) is 4. The van der Waals surface area contributed by atoms with Gasteiger partial charge in [0, 0.05) is 31.6 Å². The topological polar surface area (TPSA) is 65.7 Å². The minimum atomic E-state index is -4.16. The third kappa shape index (κ3) is 7.29. The molecule has 2 N–H and O–H groups in total. The van der Waals surface area contributed by atoms with Gasteiger partial charge >= 0.3 is 6.18 Å².